The number of rotatable bonds is 4. The number of allylic oxidation sites excluding steroid dienone is 1. The summed E-state index contributed by atoms with van der Waals surface area (Å²) >= 11 is 5.97. The number of benzene rings is 1. The van der Waals surface area contributed by atoms with Gasteiger partial charge in [-0.25, -0.2) is 15.0 Å². The molecule has 1 aliphatic heterocycles. The Hall–Kier alpha value is -2.44. The van der Waals surface area contributed by atoms with Gasteiger partial charge in [-0.2, -0.15) is 0 Å². The third-order valence-corrected chi connectivity index (χ3v) is 4.74. The number of anilines is 1. The van der Waals surface area contributed by atoms with Crippen LogP contribution in [-0.4, -0.2) is 16.2 Å². The molecule has 1 aliphatic carbocycles. The molecule has 0 bridgehead atoms. The Morgan fingerprint density at radius 2 is 2.00 bits per heavy atom. The summed E-state index contributed by atoms with van der Waals surface area (Å²) in [6, 6.07) is 7.32. The van der Waals surface area contributed by atoms with E-state index in [0.29, 0.717) is 16.9 Å². The number of nitrogens with one attached hydrogen (secondary N) is 1. The van der Waals surface area contributed by atoms with E-state index in [1.54, 1.807) is 24.5 Å². The van der Waals surface area contributed by atoms with Crippen molar-refractivity contribution >= 4 is 29.5 Å². The molecule has 128 valence electrons. The summed E-state index contributed by atoms with van der Waals surface area (Å²) in [6.07, 6.45) is 8.72. The summed E-state index contributed by atoms with van der Waals surface area (Å²) in [5.41, 5.74) is 15.8. The van der Waals surface area contributed by atoms with Crippen molar-refractivity contribution in [1.29, 1.82) is 0 Å². The molecule has 4 rings (SSSR count). The molecule has 1 atom stereocenters. The van der Waals surface area contributed by atoms with Crippen molar-refractivity contribution in [2.75, 3.05) is 5.73 Å². The summed E-state index contributed by atoms with van der Waals surface area (Å²) < 4.78 is 0. The molecular formula is C18H19ClN6. The summed E-state index contributed by atoms with van der Waals surface area (Å²) in [5.74, 6) is -0.0848. The lowest BCUT2D eigenvalue weighted by molar-refractivity contribution is 0.421. The molecule has 2 heterocycles. The van der Waals surface area contributed by atoms with Crippen LogP contribution >= 0.6 is 11.6 Å². The Morgan fingerprint density at radius 1 is 1.24 bits per heavy atom. The Kier molecular flexibility index (Phi) is 3.94. The molecule has 25 heavy (non-hydrogen) atoms. The second kappa shape index (κ2) is 6.13. The lowest BCUT2D eigenvalue weighted by Crippen LogP contribution is -2.49. The highest BCUT2D eigenvalue weighted by Gasteiger charge is 2.31. The van der Waals surface area contributed by atoms with Crippen LogP contribution < -0.4 is 16.8 Å². The molecule has 0 amide bonds. The highest BCUT2D eigenvalue weighted by molar-refractivity contribution is 6.30. The highest BCUT2D eigenvalue weighted by atomic mass is 35.5. The number of aromatic nitrogens is 2. The number of nitrogen functional groups attached to an aromatic ring is 1. The van der Waals surface area contributed by atoms with E-state index in [-0.39, 0.29) is 0 Å². The number of nitrogens with zero attached hydrogens (tertiary/aromatic N) is 3. The van der Waals surface area contributed by atoms with Crippen LogP contribution in [0.5, 0.6) is 0 Å². The number of nitrogens with two attached hydrogens (primary N) is 2. The van der Waals surface area contributed by atoms with Crippen LogP contribution in [0.15, 0.2) is 41.5 Å². The predicted molar refractivity (Wildman–Crippen MR) is 99.8 cm³/mol. The molecule has 7 heteroatoms. The maximum absolute atomic E-state index is 6.49. The van der Waals surface area contributed by atoms with Crippen molar-refractivity contribution in [3.63, 3.8) is 0 Å². The van der Waals surface area contributed by atoms with E-state index in [0.717, 1.165) is 28.9 Å². The second-order valence-electron chi connectivity index (χ2n) is 6.49. The maximum atomic E-state index is 6.49. The van der Waals surface area contributed by atoms with E-state index in [4.69, 9.17) is 23.1 Å². The largest absolute Gasteiger partial charge is 0.368 e. The van der Waals surface area contributed by atoms with Gasteiger partial charge < -0.3 is 11.1 Å². The SMILES string of the molecule is Nc1ncc(C2=CC=NC(N)(c3ccc(Cl)cc3)N2)c(CC2CC2)n1. The molecule has 0 spiro atoms. The zero-order valence-corrected chi connectivity index (χ0v) is 14.4. The van der Waals surface area contributed by atoms with E-state index in [1.807, 2.05) is 18.2 Å². The van der Waals surface area contributed by atoms with Crippen molar-refractivity contribution < 1.29 is 0 Å². The topological polar surface area (TPSA) is 102 Å². The quantitative estimate of drug-likeness (QED) is 0.782. The summed E-state index contributed by atoms with van der Waals surface area (Å²) in [5, 5.41) is 3.97. The molecule has 1 aromatic heterocycles. The fourth-order valence-corrected chi connectivity index (χ4v) is 3.05. The van der Waals surface area contributed by atoms with Gasteiger partial charge in [0, 0.05) is 34.3 Å². The van der Waals surface area contributed by atoms with Crippen molar-refractivity contribution in [3.8, 4) is 0 Å². The molecule has 2 aromatic rings. The first-order chi connectivity index (χ1) is 12.0. The summed E-state index contributed by atoms with van der Waals surface area (Å²) in [6.45, 7) is 0. The lowest BCUT2D eigenvalue weighted by atomic mass is 10.0. The van der Waals surface area contributed by atoms with Crippen LogP contribution in [0.2, 0.25) is 5.02 Å². The minimum absolute atomic E-state index is 0.293. The molecule has 6 nitrogen and oxygen atoms in total. The highest BCUT2D eigenvalue weighted by Crippen LogP contribution is 2.34. The fourth-order valence-electron chi connectivity index (χ4n) is 2.92. The molecule has 0 saturated heterocycles. The van der Waals surface area contributed by atoms with Gasteiger partial charge in [-0.15, -0.1) is 0 Å². The lowest BCUT2D eigenvalue weighted by Gasteiger charge is -2.32. The predicted octanol–water partition coefficient (Wildman–Crippen LogP) is 2.45. The number of hydrogen-bond donors (Lipinski definition) is 3. The van der Waals surface area contributed by atoms with Crippen LogP contribution in [0.25, 0.3) is 5.70 Å². The molecule has 5 N–H and O–H groups in total. The number of halogens is 1. The first-order valence-corrected chi connectivity index (χ1v) is 8.62. The van der Waals surface area contributed by atoms with Gasteiger partial charge in [0.2, 0.25) is 11.7 Å². The van der Waals surface area contributed by atoms with Gasteiger partial charge in [0.25, 0.3) is 0 Å². The Balaban J connectivity index is 1.66. The number of hydrogen-bond acceptors (Lipinski definition) is 6. The summed E-state index contributed by atoms with van der Waals surface area (Å²) in [7, 11) is 0. The first kappa shape index (κ1) is 16.1. The molecule has 2 aliphatic rings. The van der Waals surface area contributed by atoms with Crippen LogP contribution in [-0.2, 0) is 12.2 Å². The Bertz CT molecular complexity index is 856. The van der Waals surface area contributed by atoms with Gasteiger partial charge in [-0.1, -0.05) is 23.7 Å². The van der Waals surface area contributed by atoms with E-state index in [1.165, 1.54) is 12.8 Å². The molecule has 0 radical (unpaired) electrons. The fraction of sp³-hybridized carbons (Fsp3) is 0.278. The average molecular weight is 355 g/mol. The monoisotopic (exact) mass is 354 g/mol. The van der Waals surface area contributed by atoms with Gasteiger partial charge in [-0.05, 0) is 43.4 Å². The van der Waals surface area contributed by atoms with E-state index >= 15 is 0 Å². The van der Waals surface area contributed by atoms with Gasteiger partial charge in [0.15, 0.2) is 0 Å². The molecule has 1 fully saturated rings. The molecule has 1 unspecified atom stereocenters. The zero-order valence-electron chi connectivity index (χ0n) is 13.6. The zero-order chi connectivity index (χ0) is 17.4. The Morgan fingerprint density at radius 3 is 2.72 bits per heavy atom. The minimum atomic E-state index is -1.06. The van der Waals surface area contributed by atoms with Gasteiger partial charge >= 0.3 is 0 Å². The van der Waals surface area contributed by atoms with Crippen LogP contribution in [0.3, 0.4) is 0 Å². The third kappa shape index (κ3) is 3.36. The minimum Gasteiger partial charge on any atom is -0.368 e. The van der Waals surface area contributed by atoms with Crippen molar-refractivity contribution in [3.05, 3.63) is 58.4 Å². The van der Waals surface area contributed by atoms with Gasteiger partial charge in [0.05, 0.1) is 5.69 Å². The standard InChI is InChI=1S/C18H19ClN6/c19-13-5-3-12(4-6-13)18(21)23-8-7-15(25-18)14-10-22-17(20)24-16(14)9-11-1-2-11/h3-8,10-11,25H,1-2,9,21H2,(H2,20,22,24). The second-order valence-corrected chi connectivity index (χ2v) is 6.93. The Labute approximate surface area is 151 Å². The maximum Gasteiger partial charge on any atom is 0.220 e. The van der Waals surface area contributed by atoms with Crippen molar-refractivity contribution in [1.82, 2.24) is 15.3 Å². The molecule has 1 saturated carbocycles. The first-order valence-electron chi connectivity index (χ1n) is 8.24. The van der Waals surface area contributed by atoms with E-state index in [2.05, 4.69) is 20.3 Å². The normalized spacial score (nSPS) is 22.4. The average Bonchev–Trinajstić information content (AvgIpc) is 3.39. The number of aliphatic imine (C=N–C) groups is 1. The van der Waals surface area contributed by atoms with Crippen molar-refractivity contribution in [2.24, 2.45) is 16.6 Å². The van der Waals surface area contributed by atoms with Crippen LogP contribution in [0, 0.1) is 5.92 Å². The third-order valence-electron chi connectivity index (χ3n) is 4.48. The van der Waals surface area contributed by atoms with Gasteiger partial charge in [0.1, 0.15) is 0 Å². The van der Waals surface area contributed by atoms with E-state index in [9.17, 15) is 0 Å². The molecule has 1 aromatic carbocycles. The van der Waals surface area contributed by atoms with E-state index < -0.39 is 5.79 Å². The molecular weight excluding hydrogens is 336 g/mol. The summed E-state index contributed by atoms with van der Waals surface area (Å²) in [4.78, 5) is 13.0. The van der Waals surface area contributed by atoms with Crippen LogP contribution in [0.4, 0.5) is 5.95 Å². The van der Waals surface area contributed by atoms with Crippen molar-refractivity contribution in [2.45, 2.75) is 25.0 Å². The smallest absolute Gasteiger partial charge is 0.220 e. The van der Waals surface area contributed by atoms with Gasteiger partial charge in [-0.3, -0.25) is 5.73 Å². The van der Waals surface area contributed by atoms with Crippen LogP contribution in [0.1, 0.15) is 29.7 Å².